The van der Waals surface area contributed by atoms with E-state index in [4.69, 9.17) is 0 Å². The lowest BCUT2D eigenvalue weighted by Crippen LogP contribution is -2.45. The van der Waals surface area contributed by atoms with E-state index < -0.39 is 23.7 Å². The van der Waals surface area contributed by atoms with E-state index in [0.717, 1.165) is 63.7 Å². The summed E-state index contributed by atoms with van der Waals surface area (Å²) in [5, 5.41) is 7.73. The number of carbonyl (C=O) groups excluding carboxylic acids is 2. The van der Waals surface area contributed by atoms with E-state index >= 15 is 0 Å². The molecular weight excluding hydrogens is 373 g/mol. The highest BCUT2D eigenvalue weighted by Crippen LogP contribution is 2.36. The van der Waals surface area contributed by atoms with Gasteiger partial charge < -0.3 is 15.5 Å². The summed E-state index contributed by atoms with van der Waals surface area (Å²) in [6.45, 7) is 1.23. The van der Waals surface area contributed by atoms with E-state index in [2.05, 4.69) is 16.0 Å². The first kappa shape index (κ1) is 20.3. The Kier molecular flexibility index (Phi) is 6.31. The Balaban J connectivity index is 1.62. The maximum Gasteiger partial charge on any atom is 0.416 e. The SMILES string of the molecule is O=C(CNc1cc(C(F)(F)F)ccc1N1CCCC1)NC(=O)NC1CCCC1. The predicted octanol–water partition coefficient (Wildman–Crippen LogP) is 3.49. The zero-order valence-corrected chi connectivity index (χ0v) is 15.6. The average molecular weight is 398 g/mol. The first-order valence-corrected chi connectivity index (χ1v) is 9.63. The normalized spacial score (nSPS) is 17.6. The number of hydrogen-bond acceptors (Lipinski definition) is 4. The highest BCUT2D eigenvalue weighted by molar-refractivity contribution is 5.96. The molecule has 3 rings (SSSR count). The molecule has 1 saturated carbocycles. The molecule has 0 atom stereocenters. The van der Waals surface area contributed by atoms with Crippen LogP contribution in [0.15, 0.2) is 18.2 Å². The molecule has 2 aliphatic rings. The van der Waals surface area contributed by atoms with E-state index in [-0.39, 0.29) is 18.3 Å². The van der Waals surface area contributed by atoms with Crippen molar-refractivity contribution < 1.29 is 22.8 Å². The Labute approximate surface area is 161 Å². The number of alkyl halides is 3. The van der Waals surface area contributed by atoms with Crippen LogP contribution in [0.25, 0.3) is 0 Å². The number of urea groups is 1. The number of amides is 3. The molecule has 0 aromatic heterocycles. The molecule has 1 heterocycles. The summed E-state index contributed by atoms with van der Waals surface area (Å²) in [5.74, 6) is -0.597. The van der Waals surface area contributed by atoms with E-state index in [1.54, 1.807) is 0 Å². The van der Waals surface area contributed by atoms with Gasteiger partial charge in [-0.3, -0.25) is 10.1 Å². The third-order valence-electron chi connectivity index (χ3n) is 5.15. The fourth-order valence-corrected chi connectivity index (χ4v) is 3.73. The molecule has 3 amide bonds. The van der Waals surface area contributed by atoms with Crippen LogP contribution in [0.1, 0.15) is 44.1 Å². The third-order valence-corrected chi connectivity index (χ3v) is 5.15. The molecule has 1 aliphatic heterocycles. The lowest BCUT2D eigenvalue weighted by molar-refractivity contribution is -0.137. The maximum atomic E-state index is 13.1. The Hall–Kier alpha value is -2.45. The van der Waals surface area contributed by atoms with Gasteiger partial charge in [-0.15, -0.1) is 0 Å². The fourth-order valence-electron chi connectivity index (χ4n) is 3.73. The van der Waals surface area contributed by atoms with Crippen LogP contribution in [0.2, 0.25) is 0 Å². The van der Waals surface area contributed by atoms with Gasteiger partial charge >= 0.3 is 12.2 Å². The molecular formula is C19H25F3N4O2. The number of carbonyl (C=O) groups is 2. The lowest BCUT2D eigenvalue weighted by Gasteiger charge is -2.23. The van der Waals surface area contributed by atoms with E-state index in [9.17, 15) is 22.8 Å². The summed E-state index contributed by atoms with van der Waals surface area (Å²) in [4.78, 5) is 25.9. The van der Waals surface area contributed by atoms with Crippen molar-refractivity contribution in [1.29, 1.82) is 0 Å². The first-order chi connectivity index (χ1) is 13.3. The fraction of sp³-hybridized carbons (Fsp3) is 0.579. The molecule has 1 aromatic carbocycles. The highest BCUT2D eigenvalue weighted by atomic mass is 19.4. The molecule has 1 aliphatic carbocycles. The van der Waals surface area contributed by atoms with Crippen molar-refractivity contribution >= 4 is 23.3 Å². The minimum atomic E-state index is -4.47. The molecule has 6 nitrogen and oxygen atoms in total. The van der Waals surface area contributed by atoms with Crippen LogP contribution < -0.4 is 20.9 Å². The smallest absolute Gasteiger partial charge is 0.374 e. The summed E-state index contributed by atoms with van der Waals surface area (Å²) >= 11 is 0. The van der Waals surface area contributed by atoms with Gasteiger partial charge in [0.05, 0.1) is 23.5 Å². The van der Waals surface area contributed by atoms with Crippen molar-refractivity contribution in [2.75, 3.05) is 29.9 Å². The number of rotatable bonds is 5. The van der Waals surface area contributed by atoms with Gasteiger partial charge in [0.2, 0.25) is 5.91 Å². The van der Waals surface area contributed by atoms with Crippen LogP contribution in [-0.4, -0.2) is 37.6 Å². The summed E-state index contributed by atoms with van der Waals surface area (Å²) < 4.78 is 39.2. The van der Waals surface area contributed by atoms with Crippen molar-refractivity contribution in [2.24, 2.45) is 0 Å². The number of hydrogen-bond donors (Lipinski definition) is 3. The first-order valence-electron chi connectivity index (χ1n) is 9.63. The molecule has 0 spiro atoms. The second-order valence-corrected chi connectivity index (χ2v) is 7.28. The molecule has 1 saturated heterocycles. The van der Waals surface area contributed by atoms with Crippen molar-refractivity contribution in [3.8, 4) is 0 Å². The van der Waals surface area contributed by atoms with Crippen molar-refractivity contribution in [3.05, 3.63) is 23.8 Å². The van der Waals surface area contributed by atoms with Crippen molar-refractivity contribution in [3.63, 3.8) is 0 Å². The van der Waals surface area contributed by atoms with Crippen LogP contribution in [0, 0.1) is 0 Å². The van der Waals surface area contributed by atoms with Gasteiger partial charge in [-0.2, -0.15) is 13.2 Å². The second-order valence-electron chi connectivity index (χ2n) is 7.28. The van der Waals surface area contributed by atoms with Gasteiger partial charge in [-0.1, -0.05) is 12.8 Å². The van der Waals surface area contributed by atoms with Gasteiger partial charge in [0.25, 0.3) is 0 Å². The second kappa shape index (κ2) is 8.70. The number of anilines is 2. The zero-order valence-electron chi connectivity index (χ0n) is 15.6. The van der Waals surface area contributed by atoms with Crippen LogP contribution in [-0.2, 0) is 11.0 Å². The largest absolute Gasteiger partial charge is 0.416 e. The van der Waals surface area contributed by atoms with E-state index in [0.29, 0.717) is 5.69 Å². The standard InChI is InChI=1S/C19H25F3N4O2/c20-19(21,22)13-7-8-16(26-9-3-4-10-26)15(11-13)23-12-17(27)25-18(28)24-14-5-1-2-6-14/h7-8,11,14,23H,1-6,9-10,12H2,(H2,24,25,27,28). The lowest BCUT2D eigenvalue weighted by atomic mass is 10.1. The molecule has 3 N–H and O–H groups in total. The Bertz CT molecular complexity index is 712. The summed E-state index contributed by atoms with van der Waals surface area (Å²) in [6, 6.07) is 3.00. The molecule has 154 valence electrons. The van der Waals surface area contributed by atoms with E-state index in [1.165, 1.54) is 6.07 Å². The molecule has 9 heteroatoms. The average Bonchev–Trinajstić information content (AvgIpc) is 3.32. The number of halogens is 3. The van der Waals surface area contributed by atoms with Crippen LogP contribution >= 0.6 is 0 Å². The number of nitrogens with one attached hydrogen (secondary N) is 3. The van der Waals surface area contributed by atoms with Gasteiger partial charge in [-0.05, 0) is 43.9 Å². The van der Waals surface area contributed by atoms with Gasteiger partial charge in [0.15, 0.2) is 0 Å². The van der Waals surface area contributed by atoms with Gasteiger partial charge in [0, 0.05) is 19.1 Å². The minimum absolute atomic E-state index is 0.0750. The number of benzene rings is 1. The Morgan fingerprint density at radius 2 is 1.75 bits per heavy atom. The number of imide groups is 1. The quantitative estimate of drug-likeness (QED) is 0.710. The van der Waals surface area contributed by atoms with Crippen LogP contribution in [0.4, 0.5) is 29.3 Å². The van der Waals surface area contributed by atoms with E-state index in [1.807, 2.05) is 4.90 Å². The monoisotopic (exact) mass is 398 g/mol. The summed E-state index contributed by atoms with van der Waals surface area (Å²) in [7, 11) is 0. The molecule has 0 unspecified atom stereocenters. The topological polar surface area (TPSA) is 73.5 Å². The molecule has 0 bridgehead atoms. The minimum Gasteiger partial charge on any atom is -0.374 e. The summed E-state index contributed by atoms with van der Waals surface area (Å²) in [5.41, 5.74) is 0.0918. The zero-order chi connectivity index (χ0) is 20.1. The van der Waals surface area contributed by atoms with Gasteiger partial charge in [-0.25, -0.2) is 4.79 Å². The molecule has 0 radical (unpaired) electrons. The molecule has 28 heavy (non-hydrogen) atoms. The Morgan fingerprint density at radius 1 is 1.07 bits per heavy atom. The molecule has 2 fully saturated rings. The van der Waals surface area contributed by atoms with Crippen LogP contribution in [0.3, 0.4) is 0 Å². The van der Waals surface area contributed by atoms with Gasteiger partial charge in [0.1, 0.15) is 0 Å². The summed E-state index contributed by atoms with van der Waals surface area (Å²) in [6.07, 6.45) is 1.37. The predicted molar refractivity (Wildman–Crippen MR) is 100 cm³/mol. The maximum absolute atomic E-state index is 13.1. The third kappa shape index (κ3) is 5.30. The van der Waals surface area contributed by atoms with Crippen LogP contribution in [0.5, 0.6) is 0 Å². The molecule has 1 aromatic rings. The van der Waals surface area contributed by atoms with Crippen molar-refractivity contribution in [2.45, 2.75) is 50.7 Å². The highest BCUT2D eigenvalue weighted by Gasteiger charge is 2.31. The Morgan fingerprint density at radius 3 is 2.39 bits per heavy atom. The van der Waals surface area contributed by atoms with Crippen molar-refractivity contribution in [1.82, 2.24) is 10.6 Å². The number of nitrogens with zero attached hydrogens (tertiary/aromatic N) is 1.